The Hall–Kier alpha value is -1.98. The highest BCUT2D eigenvalue weighted by atomic mass is 19.1. The van der Waals surface area contributed by atoms with Crippen molar-refractivity contribution in [2.45, 2.75) is 33.1 Å². The molecule has 0 aliphatic rings. The highest BCUT2D eigenvalue weighted by Crippen LogP contribution is 2.15. The van der Waals surface area contributed by atoms with Crippen molar-refractivity contribution >= 4 is 5.95 Å². The molecule has 102 valence electrons. The second kappa shape index (κ2) is 6.26. The third kappa shape index (κ3) is 3.07. The van der Waals surface area contributed by atoms with Gasteiger partial charge in [-0.2, -0.15) is 4.98 Å². The number of nitrogens with one attached hydrogen (secondary N) is 1. The molecule has 0 aromatic carbocycles. The predicted molar refractivity (Wildman–Crippen MR) is 71.9 cm³/mol. The van der Waals surface area contributed by atoms with Gasteiger partial charge >= 0.3 is 0 Å². The number of halogens is 1. The lowest BCUT2D eigenvalue weighted by molar-refractivity contribution is 0.597. The van der Waals surface area contributed by atoms with E-state index >= 15 is 0 Å². The van der Waals surface area contributed by atoms with Gasteiger partial charge in [-0.15, -0.1) is 0 Å². The molecule has 0 spiro atoms. The first-order chi connectivity index (χ1) is 9.26. The Morgan fingerprint density at radius 3 is 2.84 bits per heavy atom. The number of aromatic nitrogens is 4. The van der Waals surface area contributed by atoms with E-state index in [2.05, 4.69) is 27.2 Å². The van der Waals surface area contributed by atoms with Crippen molar-refractivity contribution in [3.63, 3.8) is 0 Å². The van der Waals surface area contributed by atoms with E-state index in [4.69, 9.17) is 0 Å². The van der Waals surface area contributed by atoms with E-state index in [-0.39, 0.29) is 5.82 Å². The zero-order chi connectivity index (χ0) is 13.7. The number of rotatable bonds is 6. The van der Waals surface area contributed by atoms with E-state index < -0.39 is 5.82 Å². The first-order valence-electron chi connectivity index (χ1n) is 6.55. The van der Waals surface area contributed by atoms with E-state index in [1.165, 1.54) is 6.20 Å². The molecule has 0 saturated carbocycles. The van der Waals surface area contributed by atoms with Crippen molar-refractivity contribution < 1.29 is 4.39 Å². The molecule has 0 saturated heterocycles. The fourth-order valence-electron chi connectivity index (χ4n) is 1.78. The number of nitrogens with zero attached hydrogens (tertiary/aromatic N) is 4. The monoisotopic (exact) mass is 263 g/mol. The van der Waals surface area contributed by atoms with Gasteiger partial charge in [0.1, 0.15) is 5.82 Å². The molecule has 1 N–H and O–H groups in total. The average molecular weight is 263 g/mol. The van der Waals surface area contributed by atoms with Crippen LogP contribution in [0, 0.1) is 5.82 Å². The smallest absolute Gasteiger partial charge is 0.224 e. The molecular weight excluding hydrogens is 245 g/mol. The minimum atomic E-state index is -0.447. The largest absolute Gasteiger partial charge is 0.354 e. The SMILES string of the molecule is CCCNc1ncc(F)c(-n2ccnc2CCC)n1. The maximum Gasteiger partial charge on any atom is 0.224 e. The molecule has 0 amide bonds. The minimum Gasteiger partial charge on any atom is -0.354 e. The van der Waals surface area contributed by atoms with E-state index in [1.807, 2.05) is 6.92 Å². The number of imidazole rings is 1. The topological polar surface area (TPSA) is 55.6 Å². The Morgan fingerprint density at radius 2 is 2.11 bits per heavy atom. The Kier molecular flexibility index (Phi) is 4.43. The summed E-state index contributed by atoms with van der Waals surface area (Å²) in [6.07, 6.45) is 7.27. The van der Waals surface area contributed by atoms with Crippen LogP contribution in [-0.4, -0.2) is 26.1 Å². The van der Waals surface area contributed by atoms with Gasteiger partial charge in [0.05, 0.1) is 6.20 Å². The lowest BCUT2D eigenvalue weighted by Crippen LogP contribution is -2.10. The van der Waals surface area contributed by atoms with Crippen LogP contribution in [0.25, 0.3) is 5.82 Å². The van der Waals surface area contributed by atoms with Crippen molar-refractivity contribution in [3.8, 4) is 5.82 Å². The average Bonchev–Trinajstić information content (AvgIpc) is 2.86. The molecule has 0 radical (unpaired) electrons. The summed E-state index contributed by atoms with van der Waals surface area (Å²) in [4.78, 5) is 12.4. The van der Waals surface area contributed by atoms with Crippen LogP contribution < -0.4 is 5.32 Å². The molecule has 0 bridgehead atoms. The molecule has 0 aliphatic carbocycles. The molecule has 19 heavy (non-hydrogen) atoms. The molecule has 2 heterocycles. The summed E-state index contributed by atoms with van der Waals surface area (Å²) in [5.74, 6) is 1.04. The molecule has 0 unspecified atom stereocenters. The van der Waals surface area contributed by atoms with Crippen molar-refractivity contribution in [1.82, 2.24) is 19.5 Å². The summed E-state index contributed by atoms with van der Waals surface area (Å²) >= 11 is 0. The Morgan fingerprint density at radius 1 is 1.26 bits per heavy atom. The van der Waals surface area contributed by atoms with Gasteiger partial charge in [0.15, 0.2) is 11.6 Å². The summed E-state index contributed by atoms with van der Waals surface area (Å²) in [7, 11) is 0. The highest BCUT2D eigenvalue weighted by molar-refractivity contribution is 5.34. The summed E-state index contributed by atoms with van der Waals surface area (Å²) in [6, 6.07) is 0. The normalized spacial score (nSPS) is 10.7. The number of hydrogen-bond donors (Lipinski definition) is 1. The number of aryl methyl sites for hydroxylation is 1. The predicted octanol–water partition coefficient (Wildman–Crippen LogP) is 2.58. The van der Waals surface area contributed by atoms with Crippen molar-refractivity contribution in [3.05, 3.63) is 30.2 Å². The van der Waals surface area contributed by atoms with Gasteiger partial charge in [-0.25, -0.2) is 14.4 Å². The van der Waals surface area contributed by atoms with Crippen LogP contribution in [0.2, 0.25) is 0 Å². The van der Waals surface area contributed by atoms with Crippen LogP contribution in [0.3, 0.4) is 0 Å². The lowest BCUT2D eigenvalue weighted by Gasteiger charge is -2.09. The number of hydrogen-bond acceptors (Lipinski definition) is 4. The fraction of sp³-hybridized carbons (Fsp3) is 0.462. The molecule has 2 aromatic heterocycles. The zero-order valence-electron chi connectivity index (χ0n) is 11.2. The second-order valence-corrected chi connectivity index (χ2v) is 4.26. The van der Waals surface area contributed by atoms with Crippen molar-refractivity contribution in [1.29, 1.82) is 0 Å². The minimum absolute atomic E-state index is 0.245. The quantitative estimate of drug-likeness (QED) is 0.870. The van der Waals surface area contributed by atoms with E-state index in [1.54, 1.807) is 17.0 Å². The van der Waals surface area contributed by atoms with Gasteiger partial charge in [0, 0.05) is 25.4 Å². The van der Waals surface area contributed by atoms with Gasteiger partial charge in [-0.3, -0.25) is 4.57 Å². The molecule has 0 atom stereocenters. The number of anilines is 1. The Labute approximate surface area is 111 Å². The van der Waals surface area contributed by atoms with Crippen LogP contribution in [-0.2, 0) is 6.42 Å². The van der Waals surface area contributed by atoms with Gasteiger partial charge in [-0.1, -0.05) is 13.8 Å². The van der Waals surface area contributed by atoms with Crippen molar-refractivity contribution in [2.75, 3.05) is 11.9 Å². The molecule has 2 aromatic rings. The molecule has 5 nitrogen and oxygen atoms in total. The summed E-state index contributed by atoms with van der Waals surface area (Å²) in [6.45, 7) is 4.87. The van der Waals surface area contributed by atoms with Gasteiger partial charge < -0.3 is 5.32 Å². The third-order valence-corrected chi connectivity index (χ3v) is 2.68. The molecule has 6 heteroatoms. The van der Waals surface area contributed by atoms with Gasteiger partial charge in [0.2, 0.25) is 5.95 Å². The molecule has 0 fully saturated rings. The van der Waals surface area contributed by atoms with Crippen LogP contribution in [0.4, 0.5) is 10.3 Å². The second-order valence-electron chi connectivity index (χ2n) is 4.26. The fourth-order valence-corrected chi connectivity index (χ4v) is 1.78. The van der Waals surface area contributed by atoms with E-state index in [9.17, 15) is 4.39 Å². The summed E-state index contributed by atoms with van der Waals surface area (Å²) in [5.41, 5.74) is 0. The first-order valence-corrected chi connectivity index (χ1v) is 6.55. The summed E-state index contributed by atoms with van der Waals surface area (Å²) < 4.78 is 15.6. The van der Waals surface area contributed by atoms with Crippen molar-refractivity contribution in [2.24, 2.45) is 0 Å². The van der Waals surface area contributed by atoms with E-state index in [0.29, 0.717) is 5.95 Å². The van der Waals surface area contributed by atoms with Crippen LogP contribution >= 0.6 is 0 Å². The molecule has 2 rings (SSSR count). The lowest BCUT2D eigenvalue weighted by atomic mass is 10.3. The van der Waals surface area contributed by atoms with Gasteiger partial charge in [0.25, 0.3) is 0 Å². The van der Waals surface area contributed by atoms with Crippen LogP contribution in [0.15, 0.2) is 18.6 Å². The Balaban J connectivity index is 2.34. The highest BCUT2D eigenvalue weighted by Gasteiger charge is 2.12. The van der Waals surface area contributed by atoms with E-state index in [0.717, 1.165) is 31.6 Å². The third-order valence-electron chi connectivity index (χ3n) is 2.68. The standard InChI is InChI=1S/C13H18FN5/c1-3-5-11-15-7-8-19(11)12-10(14)9-17-13(18-12)16-6-4-2/h7-9H,3-6H2,1-2H3,(H,16,17,18). The maximum atomic E-state index is 13.9. The molecular formula is C13H18FN5. The van der Waals surface area contributed by atoms with Crippen LogP contribution in [0.1, 0.15) is 32.5 Å². The van der Waals surface area contributed by atoms with Crippen LogP contribution in [0.5, 0.6) is 0 Å². The summed E-state index contributed by atoms with van der Waals surface area (Å²) in [5, 5.41) is 3.05. The Bertz CT molecular complexity index is 538. The van der Waals surface area contributed by atoms with Gasteiger partial charge in [-0.05, 0) is 12.8 Å². The zero-order valence-corrected chi connectivity index (χ0v) is 11.2. The molecule has 0 aliphatic heterocycles. The first kappa shape index (κ1) is 13.5. The maximum absolute atomic E-state index is 13.9.